The van der Waals surface area contributed by atoms with Gasteiger partial charge in [-0.25, -0.2) is 9.89 Å². The van der Waals surface area contributed by atoms with Crippen molar-refractivity contribution < 1.29 is 13.2 Å². The molecule has 4 nitrogen and oxygen atoms in total. The number of aromatic nitrogens is 3. The van der Waals surface area contributed by atoms with E-state index in [0.717, 1.165) is 12.3 Å². The SMILES string of the molecule is O=c1nc(-c2ccccc2C(F)(F)F)cn[nH]1. The van der Waals surface area contributed by atoms with E-state index in [9.17, 15) is 18.0 Å². The number of nitrogens with zero attached hydrogens (tertiary/aromatic N) is 2. The molecule has 0 atom stereocenters. The third-order valence-corrected chi connectivity index (χ3v) is 2.08. The number of halogens is 3. The van der Waals surface area contributed by atoms with Crippen molar-refractivity contribution >= 4 is 0 Å². The highest BCUT2D eigenvalue weighted by atomic mass is 19.4. The summed E-state index contributed by atoms with van der Waals surface area (Å²) in [4.78, 5) is 14.4. The van der Waals surface area contributed by atoms with E-state index in [4.69, 9.17) is 0 Å². The van der Waals surface area contributed by atoms with Gasteiger partial charge in [-0.2, -0.15) is 23.3 Å². The average Bonchev–Trinajstić information content (AvgIpc) is 2.28. The number of H-pyrrole nitrogens is 1. The van der Waals surface area contributed by atoms with Crippen LogP contribution in [0.25, 0.3) is 11.3 Å². The molecule has 0 aliphatic carbocycles. The smallest absolute Gasteiger partial charge is 0.244 e. The molecule has 0 spiro atoms. The first-order chi connectivity index (χ1) is 7.98. The van der Waals surface area contributed by atoms with Crippen molar-refractivity contribution in [2.45, 2.75) is 6.18 Å². The molecule has 17 heavy (non-hydrogen) atoms. The predicted molar refractivity (Wildman–Crippen MR) is 53.1 cm³/mol. The molecule has 0 aliphatic heterocycles. The van der Waals surface area contributed by atoms with Crippen molar-refractivity contribution in [3.8, 4) is 11.3 Å². The molecule has 0 saturated heterocycles. The number of hydrogen-bond acceptors (Lipinski definition) is 3. The average molecular weight is 241 g/mol. The second-order valence-corrected chi connectivity index (χ2v) is 3.22. The Bertz CT molecular complexity index is 592. The zero-order valence-electron chi connectivity index (χ0n) is 8.32. The summed E-state index contributed by atoms with van der Waals surface area (Å²) in [5.41, 5.74) is -1.92. The van der Waals surface area contributed by atoms with Crippen LogP contribution in [0, 0.1) is 0 Å². The Morgan fingerprint density at radius 1 is 1.18 bits per heavy atom. The summed E-state index contributed by atoms with van der Waals surface area (Å²) in [5, 5.41) is 5.42. The first-order valence-corrected chi connectivity index (χ1v) is 4.57. The van der Waals surface area contributed by atoms with E-state index in [1.165, 1.54) is 18.2 Å². The molecule has 0 amide bonds. The van der Waals surface area contributed by atoms with Gasteiger partial charge in [0.1, 0.15) is 0 Å². The number of hydrogen-bond donors (Lipinski definition) is 1. The van der Waals surface area contributed by atoms with Crippen LogP contribution in [-0.4, -0.2) is 15.2 Å². The summed E-state index contributed by atoms with van der Waals surface area (Å²) in [6, 6.07) is 4.88. The van der Waals surface area contributed by atoms with Crippen LogP contribution in [0.15, 0.2) is 35.3 Å². The van der Waals surface area contributed by atoms with E-state index in [1.54, 1.807) is 0 Å². The predicted octanol–water partition coefficient (Wildman–Crippen LogP) is 1.85. The van der Waals surface area contributed by atoms with Crippen molar-refractivity contribution in [3.05, 3.63) is 46.5 Å². The fraction of sp³-hybridized carbons (Fsp3) is 0.100. The molecule has 2 rings (SSSR count). The maximum Gasteiger partial charge on any atom is 0.417 e. The molecule has 1 heterocycles. The van der Waals surface area contributed by atoms with Gasteiger partial charge in [0.05, 0.1) is 17.5 Å². The molecular formula is C10H6F3N3O. The van der Waals surface area contributed by atoms with Gasteiger partial charge in [-0.1, -0.05) is 18.2 Å². The zero-order valence-corrected chi connectivity index (χ0v) is 8.32. The summed E-state index contributed by atoms with van der Waals surface area (Å²) < 4.78 is 38.1. The van der Waals surface area contributed by atoms with E-state index >= 15 is 0 Å². The molecule has 1 aromatic heterocycles. The second kappa shape index (κ2) is 4.00. The molecule has 0 fully saturated rings. The van der Waals surface area contributed by atoms with Crippen LogP contribution >= 0.6 is 0 Å². The Balaban J connectivity index is 2.64. The Labute approximate surface area is 93.1 Å². The molecule has 0 saturated carbocycles. The molecule has 7 heteroatoms. The van der Waals surface area contributed by atoms with Crippen molar-refractivity contribution in [2.75, 3.05) is 0 Å². The second-order valence-electron chi connectivity index (χ2n) is 3.22. The molecule has 0 radical (unpaired) electrons. The molecular weight excluding hydrogens is 235 g/mol. The number of benzene rings is 1. The van der Waals surface area contributed by atoms with Gasteiger partial charge in [-0.3, -0.25) is 0 Å². The van der Waals surface area contributed by atoms with E-state index in [2.05, 4.69) is 10.1 Å². The minimum absolute atomic E-state index is 0.110. The van der Waals surface area contributed by atoms with Crippen LogP contribution in [0.5, 0.6) is 0 Å². The van der Waals surface area contributed by atoms with Gasteiger partial charge >= 0.3 is 11.9 Å². The highest BCUT2D eigenvalue weighted by Crippen LogP contribution is 2.35. The lowest BCUT2D eigenvalue weighted by atomic mass is 10.0. The first kappa shape index (κ1) is 11.3. The zero-order chi connectivity index (χ0) is 12.5. The highest BCUT2D eigenvalue weighted by Gasteiger charge is 2.33. The van der Waals surface area contributed by atoms with Crippen LogP contribution in [0.4, 0.5) is 13.2 Å². The fourth-order valence-electron chi connectivity index (χ4n) is 1.40. The van der Waals surface area contributed by atoms with Gasteiger partial charge in [-0.05, 0) is 6.07 Å². The standard InChI is InChI=1S/C10H6F3N3O/c11-10(12,13)7-4-2-1-3-6(7)8-5-14-16-9(17)15-8/h1-5H,(H,15,16,17). The molecule has 1 aromatic carbocycles. The van der Waals surface area contributed by atoms with E-state index in [1.807, 2.05) is 5.10 Å². The minimum atomic E-state index is -4.50. The Hall–Kier alpha value is -2.18. The number of aromatic amines is 1. The van der Waals surface area contributed by atoms with Crippen molar-refractivity contribution in [1.82, 2.24) is 15.2 Å². The van der Waals surface area contributed by atoms with Gasteiger partial charge < -0.3 is 0 Å². The van der Waals surface area contributed by atoms with Gasteiger partial charge in [0, 0.05) is 5.56 Å². The van der Waals surface area contributed by atoms with Crippen molar-refractivity contribution in [3.63, 3.8) is 0 Å². The Kier molecular flexibility index (Phi) is 2.66. The van der Waals surface area contributed by atoms with Crippen LogP contribution < -0.4 is 5.69 Å². The summed E-state index contributed by atoms with van der Waals surface area (Å²) in [6.07, 6.45) is -3.42. The van der Waals surface area contributed by atoms with Crippen LogP contribution in [0.1, 0.15) is 5.56 Å². The van der Waals surface area contributed by atoms with Crippen LogP contribution in [-0.2, 0) is 6.18 Å². The minimum Gasteiger partial charge on any atom is -0.244 e. The van der Waals surface area contributed by atoms with Crippen LogP contribution in [0.2, 0.25) is 0 Å². The Morgan fingerprint density at radius 3 is 2.53 bits per heavy atom. The normalized spacial score (nSPS) is 11.5. The van der Waals surface area contributed by atoms with Gasteiger partial charge in [0.25, 0.3) is 0 Å². The van der Waals surface area contributed by atoms with Crippen molar-refractivity contribution in [1.29, 1.82) is 0 Å². The van der Waals surface area contributed by atoms with E-state index in [-0.39, 0.29) is 11.3 Å². The molecule has 0 aliphatic rings. The van der Waals surface area contributed by atoms with Crippen LogP contribution in [0.3, 0.4) is 0 Å². The lowest BCUT2D eigenvalue weighted by Gasteiger charge is -2.11. The molecule has 0 bridgehead atoms. The highest BCUT2D eigenvalue weighted by molar-refractivity contribution is 5.63. The van der Waals surface area contributed by atoms with Gasteiger partial charge in [0.15, 0.2) is 0 Å². The topological polar surface area (TPSA) is 58.6 Å². The summed E-state index contributed by atoms with van der Waals surface area (Å²) in [7, 11) is 0. The van der Waals surface area contributed by atoms with Gasteiger partial charge in [-0.15, -0.1) is 0 Å². The lowest BCUT2D eigenvalue weighted by Crippen LogP contribution is -2.14. The van der Waals surface area contributed by atoms with E-state index < -0.39 is 17.4 Å². The lowest BCUT2D eigenvalue weighted by molar-refractivity contribution is -0.137. The molecule has 2 aromatic rings. The van der Waals surface area contributed by atoms with Gasteiger partial charge in [0.2, 0.25) is 0 Å². The maximum atomic E-state index is 12.7. The summed E-state index contributed by atoms with van der Waals surface area (Å²) in [6.45, 7) is 0. The maximum absolute atomic E-state index is 12.7. The largest absolute Gasteiger partial charge is 0.417 e. The number of nitrogens with one attached hydrogen (secondary N) is 1. The number of rotatable bonds is 1. The fourth-order valence-corrected chi connectivity index (χ4v) is 1.40. The third-order valence-electron chi connectivity index (χ3n) is 2.08. The quantitative estimate of drug-likeness (QED) is 0.828. The monoisotopic (exact) mass is 241 g/mol. The Morgan fingerprint density at radius 2 is 1.88 bits per heavy atom. The molecule has 0 unspecified atom stereocenters. The van der Waals surface area contributed by atoms with Crippen molar-refractivity contribution in [2.24, 2.45) is 0 Å². The van der Waals surface area contributed by atoms with E-state index in [0.29, 0.717) is 0 Å². The molecule has 88 valence electrons. The number of alkyl halides is 3. The third kappa shape index (κ3) is 2.32. The molecule has 1 N–H and O–H groups in total. The first-order valence-electron chi connectivity index (χ1n) is 4.57. The summed E-state index contributed by atoms with van der Waals surface area (Å²) in [5.74, 6) is 0. The summed E-state index contributed by atoms with van der Waals surface area (Å²) >= 11 is 0.